The average molecular weight is 333 g/mol. The van der Waals surface area contributed by atoms with Gasteiger partial charge in [-0.3, -0.25) is 5.43 Å². The van der Waals surface area contributed by atoms with Crippen LogP contribution >= 0.6 is 15.9 Å². The van der Waals surface area contributed by atoms with Crippen molar-refractivity contribution in [3.05, 3.63) is 60.2 Å². The zero-order valence-corrected chi connectivity index (χ0v) is 12.7. The molecular formula is C16H17BrN2O. The monoisotopic (exact) mass is 332 g/mol. The molecule has 0 amide bonds. The molecule has 0 aliphatic rings. The molecule has 20 heavy (non-hydrogen) atoms. The molecule has 2 aromatic carbocycles. The van der Waals surface area contributed by atoms with Gasteiger partial charge in [0.2, 0.25) is 0 Å². The Kier molecular flexibility index (Phi) is 6.11. The van der Waals surface area contributed by atoms with Crippen molar-refractivity contribution in [2.45, 2.75) is 6.42 Å². The average Bonchev–Trinajstić information content (AvgIpc) is 2.49. The summed E-state index contributed by atoms with van der Waals surface area (Å²) >= 11 is 3.38. The van der Waals surface area contributed by atoms with E-state index in [2.05, 4.69) is 26.5 Å². The lowest BCUT2D eigenvalue weighted by Gasteiger charge is -2.05. The van der Waals surface area contributed by atoms with Crippen LogP contribution in [-0.2, 0) is 0 Å². The largest absolute Gasteiger partial charge is 0.494 e. The first kappa shape index (κ1) is 14.6. The summed E-state index contributed by atoms with van der Waals surface area (Å²) in [6.07, 6.45) is 2.78. The molecule has 0 aliphatic carbocycles. The minimum atomic E-state index is 0.716. The van der Waals surface area contributed by atoms with Crippen LogP contribution in [0.3, 0.4) is 0 Å². The molecule has 0 spiro atoms. The molecule has 3 nitrogen and oxygen atoms in total. The lowest BCUT2D eigenvalue weighted by atomic mass is 10.2. The molecule has 104 valence electrons. The van der Waals surface area contributed by atoms with Gasteiger partial charge < -0.3 is 4.74 Å². The van der Waals surface area contributed by atoms with Gasteiger partial charge in [0.25, 0.3) is 0 Å². The van der Waals surface area contributed by atoms with Gasteiger partial charge in [0, 0.05) is 5.33 Å². The topological polar surface area (TPSA) is 33.6 Å². The van der Waals surface area contributed by atoms with Crippen LogP contribution in [-0.4, -0.2) is 18.2 Å². The summed E-state index contributed by atoms with van der Waals surface area (Å²) < 4.78 is 5.64. The van der Waals surface area contributed by atoms with Crippen LogP contribution in [0.1, 0.15) is 12.0 Å². The van der Waals surface area contributed by atoms with E-state index in [0.717, 1.165) is 28.8 Å². The number of alkyl halides is 1. The number of nitrogens with one attached hydrogen (secondary N) is 1. The number of hydrogen-bond donors (Lipinski definition) is 1. The zero-order chi connectivity index (χ0) is 14.0. The van der Waals surface area contributed by atoms with Crippen molar-refractivity contribution >= 4 is 27.8 Å². The highest BCUT2D eigenvalue weighted by molar-refractivity contribution is 9.09. The van der Waals surface area contributed by atoms with Crippen molar-refractivity contribution in [1.29, 1.82) is 0 Å². The van der Waals surface area contributed by atoms with Gasteiger partial charge in [-0.15, -0.1) is 0 Å². The van der Waals surface area contributed by atoms with E-state index in [9.17, 15) is 0 Å². The van der Waals surface area contributed by atoms with Crippen LogP contribution in [0.25, 0.3) is 0 Å². The van der Waals surface area contributed by atoms with Crippen molar-refractivity contribution in [1.82, 2.24) is 0 Å². The van der Waals surface area contributed by atoms with Gasteiger partial charge in [-0.2, -0.15) is 5.10 Å². The summed E-state index contributed by atoms with van der Waals surface area (Å²) in [6.45, 7) is 0.716. The Morgan fingerprint density at radius 3 is 2.75 bits per heavy atom. The predicted octanol–water partition coefficient (Wildman–Crippen LogP) is 4.30. The third kappa shape index (κ3) is 5.05. The van der Waals surface area contributed by atoms with Gasteiger partial charge in [0.05, 0.1) is 18.5 Å². The molecule has 1 N–H and O–H groups in total. The van der Waals surface area contributed by atoms with Crippen LogP contribution in [0, 0.1) is 0 Å². The van der Waals surface area contributed by atoms with Gasteiger partial charge in [-0.1, -0.05) is 46.3 Å². The minimum absolute atomic E-state index is 0.716. The summed E-state index contributed by atoms with van der Waals surface area (Å²) in [5, 5.41) is 5.16. The summed E-state index contributed by atoms with van der Waals surface area (Å²) in [4.78, 5) is 0. The van der Waals surface area contributed by atoms with E-state index in [1.807, 2.05) is 54.6 Å². The highest BCUT2D eigenvalue weighted by atomic mass is 79.9. The number of para-hydroxylation sites is 1. The van der Waals surface area contributed by atoms with Crippen molar-refractivity contribution in [3.8, 4) is 5.75 Å². The second-order valence-corrected chi connectivity index (χ2v) is 4.99. The second kappa shape index (κ2) is 8.38. The molecule has 0 atom stereocenters. The van der Waals surface area contributed by atoms with E-state index >= 15 is 0 Å². The van der Waals surface area contributed by atoms with Gasteiger partial charge in [-0.25, -0.2) is 0 Å². The normalized spacial score (nSPS) is 10.7. The SMILES string of the molecule is BrCCCOc1cccc(C=NNc2ccccc2)c1. The first-order valence-electron chi connectivity index (χ1n) is 6.51. The van der Waals surface area contributed by atoms with Crippen molar-refractivity contribution < 1.29 is 4.74 Å². The summed E-state index contributed by atoms with van der Waals surface area (Å²) in [5.41, 5.74) is 4.96. The maximum atomic E-state index is 5.64. The highest BCUT2D eigenvalue weighted by Gasteiger charge is 1.95. The lowest BCUT2D eigenvalue weighted by molar-refractivity contribution is 0.319. The number of rotatable bonds is 7. The third-order valence-electron chi connectivity index (χ3n) is 2.59. The Bertz CT molecular complexity index is 543. The molecule has 0 saturated heterocycles. The number of benzene rings is 2. The Hall–Kier alpha value is -1.81. The van der Waals surface area contributed by atoms with E-state index < -0.39 is 0 Å². The number of ether oxygens (including phenoxy) is 1. The predicted molar refractivity (Wildman–Crippen MR) is 88.0 cm³/mol. The van der Waals surface area contributed by atoms with E-state index in [1.54, 1.807) is 6.21 Å². The summed E-state index contributed by atoms with van der Waals surface area (Å²) in [7, 11) is 0. The number of nitrogens with zero attached hydrogens (tertiary/aromatic N) is 1. The Morgan fingerprint density at radius 1 is 1.10 bits per heavy atom. The summed E-state index contributed by atoms with van der Waals surface area (Å²) in [6, 6.07) is 17.7. The fourth-order valence-corrected chi connectivity index (χ4v) is 1.85. The fourth-order valence-electron chi connectivity index (χ4n) is 1.62. The molecular weight excluding hydrogens is 316 g/mol. The van der Waals surface area contributed by atoms with Crippen LogP contribution in [0.2, 0.25) is 0 Å². The molecule has 0 unspecified atom stereocenters. The Balaban J connectivity index is 1.90. The first-order chi connectivity index (χ1) is 9.88. The number of halogens is 1. The Morgan fingerprint density at radius 2 is 1.95 bits per heavy atom. The van der Waals surface area contributed by atoms with Gasteiger partial charge in [-0.05, 0) is 36.2 Å². The standard InChI is InChI=1S/C16H17BrN2O/c17-10-5-11-20-16-9-4-6-14(12-16)13-18-19-15-7-2-1-3-8-15/h1-4,6-9,12-13,19H,5,10-11H2. The molecule has 0 radical (unpaired) electrons. The smallest absolute Gasteiger partial charge is 0.119 e. The van der Waals surface area contributed by atoms with Crippen LogP contribution in [0.5, 0.6) is 5.75 Å². The van der Waals surface area contributed by atoms with Gasteiger partial charge >= 0.3 is 0 Å². The molecule has 0 fully saturated rings. The fraction of sp³-hybridized carbons (Fsp3) is 0.188. The first-order valence-corrected chi connectivity index (χ1v) is 7.63. The van der Waals surface area contributed by atoms with Gasteiger partial charge in [0.1, 0.15) is 5.75 Å². The molecule has 0 aliphatic heterocycles. The van der Waals surface area contributed by atoms with Crippen molar-refractivity contribution in [2.75, 3.05) is 17.4 Å². The second-order valence-electron chi connectivity index (χ2n) is 4.20. The summed E-state index contributed by atoms with van der Waals surface area (Å²) in [5.74, 6) is 0.870. The van der Waals surface area contributed by atoms with Crippen LogP contribution in [0.4, 0.5) is 5.69 Å². The van der Waals surface area contributed by atoms with E-state index in [-0.39, 0.29) is 0 Å². The minimum Gasteiger partial charge on any atom is -0.494 e. The molecule has 4 heteroatoms. The van der Waals surface area contributed by atoms with E-state index in [4.69, 9.17) is 4.74 Å². The quantitative estimate of drug-likeness (QED) is 0.355. The molecule has 2 aromatic rings. The van der Waals surface area contributed by atoms with Crippen LogP contribution < -0.4 is 10.2 Å². The molecule has 0 saturated carbocycles. The lowest BCUT2D eigenvalue weighted by Crippen LogP contribution is -1.98. The molecule has 0 bridgehead atoms. The maximum Gasteiger partial charge on any atom is 0.119 e. The molecule has 2 rings (SSSR count). The van der Waals surface area contributed by atoms with Crippen LogP contribution in [0.15, 0.2) is 59.7 Å². The number of hydrogen-bond acceptors (Lipinski definition) is 3. The third-order valence-corrected chi connectivity index (χ3v) is 3.15. The number of anilines is 1. The van der Waals surface area contributed by atoms with E-state index in [0.29, 0.717) is 6.61 Å². The van der Waals surface area contributed by atoms with E-state index in [1.165, 1.54) is 0 Å². The highest BCUT2D eigenvalue weighted by Crippen LogP contribution is 2.12. The molecule has 0 aromatic heterocycles. The molecule has 0 heterocycles. The zero-order valence-electron chi connectivity index (χ0n) is 11.1. The van der Waals surface area contributed by atoms with Crippen molar-refractivity contribution in [2.24, 2.45) is 5.10 Å². The maximum absolute atomic E-state index is 5.64. The van der Waals surface area contributed by atoms with Crippen molar-refractivity contribution in [3.63, 3.8) is 0 Å². The number of hydrazone groups is 1. The Labute approximate surface area is 127 Å². The van der Waals surface area contributed by atoms with Gasteiger partial charge in [0.15, 0.2) is 0 Å².